The largest absolute Gasteiger partial charge is 0.417 e. The highest BCUT2D eigenvalue weighted by Gasteiger charge is 2.87. The summed E-state index contributed by atoms with van der Waals surface area (Å²) in [7, 11) is 0. The molecule has 4 aliphatic rings. The van der Waals surface area contributed by atoms with Gasteiger partial charge in [-0.3, -0.25) is 0 Å². The Morgan fingerprint density at radius 2 is 2.03 bits per heavy atom. The third kappa shape index (κ3) is 2.80. The Hall–Kier alpha value is -1.55. The topological polar surface area (TPSA) is 52.0 Å². The van der Waals surface area contributed by atoms with E-state index >= 15 is 0 Å². The van der Waals surface area contributed by atoms with Crippen LogP contribution in [0.5, 0.6) is 0 Å². The van der Waals surface area contributed by atoms with E-state index in [0.29, 0.717) is 37.8 Å². The summed E-state index contributed by atoms with van der Waals surface area (Å²) in [4.78, 5) is 5.54. The summed E-state index contributed by atoms with van der Waals surface area (Å²) in [5.41, 5.74) is 0.381. The molecule has 4 unspecified atom stereocenters. The average molecular weight is 473 g/mol. The maximum Gasteiger partial charge on any atom is 0.417 e. The third-order valence-corrected chi connectivity index (χ3v) is 10.2. The summed E-state index contributed by atoms with van der Waals surface area (Å²) in [5.74, 6) is 0.491. The first kappa shape index (κ1) is 22.3. The number of halogens is 4. The van der Waals surface area contributed by atoms with Gasteiger partial charge in [0.25, 0.3) is 0 Å². The fraction of sp³-hybridized carbons (Fsp3) is 0.727. The van der Waals surface area contributed by atoms with Crippen molar-refractivity contribution < 1.29 is 22.8 Å². The molecule has 3 saturated carbocycles. The van der Waals surface area contributed by atoms with Gasteiger partial charge >= 0.3 is 6.18 Å². The fourth-order valence-corrected chi connectivity index (χ4v) is 8.61. The Morgan fingerprint density at radius 3 is 2.59 bits per heavy atom. The smallest absolute Gasteiger partial charge is 0.411 e. The van der Waals surface area contributed by atoms with Crippen molar-refractivity contribution in [2.45, 2.75) is 52.3 Å². The van der Waals surface area contributed by atoms with Crippen molar-refractivity contribution in [2.75, 3.05) is 30.3 Å². The van der Waals surface area contributed by atoms with Gasteiger partial charge in [0.1, 0.15) is 0 Å². The molecule has 2 heterocycles. The number of nitrogens with zero attached hydrogens (tertiary/aromatic N) is 4. The predicted molar refractivity (Wildman–Crippen MR) is 115 cm³/mol. The summed E-state index contributed by atoms with van der Waals surface area (Å²) in [6.45, 7) is 8.38. The average Bonchev–Trinajstić information content (AvgIpc) is 3.14. The molecule has 1 aromatic heterocycles. The minimum Gasteiger partial charge on any atom is -0.411 e. The van der Waals surface area contributed by atoms with E-state index in [9.17, 15) is 22.8 Å². The van der Waals surface area contributed by atoms with Gasteiger partial charge < -0.3 is 10.1 Å². The summed E-state index contributed by atoms with van der Waals surface area (Å²) >= 11 is 1.76. The van der Waals surface area contributed by atoms with Crippen molar-refractivity contribution in [3.8, 4) is 0 Å². The van der Waals surface area contributed by atoms with Gasteiger partial charge in [0, 0.05) is 43.0 Å². The summed E-state index contributed by atoms with van der Waals surface area (Å²) < 4.78 is 55.2. The summed E-state index contributed by atoms with van der Waals surface area (Å²) in [6, 6.07) is 0.428. The lowest BCUT2D eigenvalue weighted by Gasteiger charge is -2.52. The van der Waals surface area contributed by atoms with Crippen LogP contribution in [0.25, 0.3) is 0 Å². The standard InChI is InChI=1S/C22H28F4N4OS/c1-13-11-29(6-7-30(13)18-15(23)8-14(10-27-18)22(24,25)26)32-12-20-4-5-21(20)16(19(21,2)3)9-17(20)28-31/h8,10,13,16,31H,4-7,9,11-12H2,1-3H3/b28-17+. The quantitative estimate of drug-likeness (QED) is 0.288. The van der Waals surface area contributed by atoms with Crippen molar-refractivity contribution in [3.63, 3.8) is 0 Å². The van der Waals surface area contributed by atoms with E-state index in [2.05, 4.69) is 28.3 Å². The van der Waals surface area contributed by atoms with Crippen LogP contribution in [0.1, 0.15) is 45.6 Å². The molecule has 1 saturated heterocycles. The Kier molecular flexibility index (Phi) is 4.85. The van der Waals surface area contributed by atoms with Crippen LogP contribution < -0.4 is 4.90 Å². The van der Waals surface area contributed by atoms with Gasteiger partial charge in [-0.15, -0.1) is 0 Å². The maximum atomic E-state index is 14.4. The van der Waals surface area contributed by atoms with E-state index in [1.807, 2.05) is 6.92 Å². The number of oxime groups is 1. The molecule has 176 valence electrons. The van der Waals surface area contributed by atoms with Crippen LogP contribution >= 0.6 is 11.9 Å². The van der Waals surface area contributed by atoms with E-state index in [1.165, 1.54) is 6.42 Å². The molecule has 3 aliphatic carbocycles. The Bertz CT molecular complexity index is 970. The van der Waals surface area contributed by atoms with Crippen molar-refractivity contribution in [2.24, 2.45) is 27.3 Å². The van der Waals surface area contributed by atoms with E-state index in [1.54, 1.807) is 16.8 Å². The molecule has 32 heavy (non-hydrogen) atoms. The fourth-order valence-electron chi connectivity index (χ4n) is 7.10. The summed E-state index contributed by atoms with van der Waals surface area (Å²) in [6.07, 6.45) is -0.793. The Labute approximate surface area is 189 Å². The number of rotatable bonds is 4. The molecular formula is C22H28F4N4OS. The molecule has 1 spiro atoms. The molecule has 0 aromatic carbocycles. The highest BCUT2D eigenvalue weighted by atomic mass is 32.2. The van der Waals surface area contributed by atoms with Crippen LogP contribution in [0.4, 0.5) is 23.4 Å². The second kappa shape index (κ2) is 6.98. The number of piperazine rings is 1. The normalized spacial score (nSPS) is 37.2. The first-order chi connectivity index (χ1) is 15.0. The minimum absolute atomic E-state index is 0.0280. The van der Waals surface area contributed by atoms with Gasteiger partial charge in [-0.2, -0.15) is 13.2 Å². The summed E-state index contributed by atoms with van der Waals surface area (Å²) in [5, 5.41) is 13.3. The number of pyridine rings is 1. The van der Waals surface area contributed by atoms with Gasteiger partial charge in [0.15, 0.2) is 11.6 Å². The first-order valence-corrected chi connectivity index (χ1v) is 12.0. The molecule has 10 heteroatoms. The Balaban J connectivity index is 1.25. The van der Waals surface area contributed by atoms with Crippen LogP contribution in [0, 0.1) is 28.0 Å². The molecule has 0 radical (unpaired) electrons. The van der Waals surface area contributed by atoms with Crippen molar-refractivity contribution in [1.29, 1.82) is 0 Å². The monoisotopic (exact) mass is 472 g/mol. The first-order valence-electron chi connectivity index (χ1n) is 11.1. The molecule has 5 nitrogen and oxygen atoms in total. The second-order valence-electron chi connectivity index (χ2n) is 10.3. The highest BCUT2D eigenvalue weighted by Crippen LogP contribution is 2.90. The zero-order chi connectivity index (χ0) is 23.1. The zero-order valence-corrected chi connectivity index (χ0v) is 19.2. The molecule has 0 amide bonds. The van der Waals surface area contributed by atoms with Crippen LogP contribution in [-0.2, 0) is 6.18 Å². The zero-order valence-electron chi connectivity index (χ0n) is 18.4. The molecule has 1 N–H and O–H groups in total. The van der Waals surface area contributed by atoms with Gasteiger partial charge in [-0.25, -0.2) is 13.7 Å². The lowest BCUT2D eigenvalue weighted by Crippen LogP contribution is -2.53. The predicted octanol–water partition coefficient (Wildman–Crippen LogP) is 5.05. The molecule has 5 rings (SSSR count). The molecular weight excluding hydrogens is 444 g/mol. The van der Waals surface area contributed by atoms with E-state index in [4.69, 9.17) is 0 Å². The molecule has 0 bridgehead atoms. The van der Waals surface area contributed by atoms with Crippen LogP contribution in [0.2, 0.25) is 0 Å². The van der Waals surface area contributed by atoms with Gasteiger partial charge in [0.2, 0.25) is 0 Å². The van der Waals surface area contributed by atoms with E-state index in [-0.39, 0.29) is 28.1 Å². The number of hydrogen-bond donors (Lipinski definition) is 1. The lowest BCUT2D eigenvalue weighted by atomic mass is 9.55. The molecule has 4 fully saturated rings. The van der Waals surface area contributed by atoms with Crippen LogP contribution in [0.15, 0.2) is 17.4 Å². The molecule has 4 atom stereocenters. The van der Waals surface area contributed by atoms with Gasteiger partial charge in [0.05, 0.1) is 11.3 Å². The SMILES string of the molecule is CC1CN(SCC23CCC24C(C/C3=N\O)C4(C)C)CCN1c1ncc(C(F)(F)F)cc1F. The molecule has 1 aliphatic heterocycles. The third-order valence-electron chi connectivity index (χ3n) is 8.91. The maximum absolute atomic E-state index is 14.4. The second-order valence-corrected chi connectivity index (χ2v) is 11.4. The number of hydrogen-bond acceptors (Lipinski definition) is 6. The highest BCUT2D eigenvalue weighted by molar-refractivity contribution is 7.97. The lowest BCUT2D eigenvalue weighted by molar-refractivity contribution is -0.138. The van der Waals surface area contributed by atoms with Crippen molar-refractivity contribution in [1.82, 2.24) is 9.29 Å². The Morgan fingerprint density at radius 1 is 1.28 bits per heavy atom. The number of alkyl halides is 3. The minimum atomic E-state index is -4.61. The van der Waals surface area contributed by atoms with Crippen molar-refractivity contribution >= 4 is 23.5 Å². The van der Waals surface area contributed by atoms with E-state index < -0.39 is 17.6 Å². The van der Waals surface area contributed by atoms with Gasteiger partial charge in [-0.1, -0.05) is 31.0 Å². The van der Waals surface area contributed by atoms with E-state index in [0.717, 1.165) is 24.3 Å². The van der Waals surface area contributed by atoms with Gasteiger partial charge in [-0.05, 0) is 49.0 Å². The van der Waals surface area contributed by atoms with Crippen molar-refractivity contribution in [3.05, 3.63) is 23.6 Å². The van der Waals surface area contributed by atoms with Crippen LogP contribution in [-0.4, -0.2) is 51.6 Å². The molecule has 1 aromatic rings. The number of anilines is 1. The number of aromatic nitrogens is 1. The van der Waals surface area contributed by atoms with Crippen LogP contribution in [0.3, 0.4) is 0 Å².